The Labute approximate surface area is 125 Å². The zero-order chi connectivity index (χ0) is 16.0. The lowest BCUT2D eigenvalue weighted by Gasteiger charge is -2.21. The number of carbonyl (C=O) groups is 2. The van der Waals surface area contributed by atoms with Crippen LogP contribution in [0.2, 0.25) is 0 Å². The zero-order valence-corrected chi connectivity index (χ0v) is 13.2. The van der Waals surface area contributed by atoms with Gasteiger partial charge in [0.25, 0.3) is 0 Å². The van der Waals surface area contributed by atoms with Crippen molar-refractivity contribution in [2.75, 3.05) is 0 Å². The van der Waals surface area contributed by atoms with E-state index in [2.05, 4.69) is 15.6 Å². The van der Waals surface area contributed by atoms with Crippen LogP contribution in [0.3, 0.4) is 0 Å². The first-order valence-electron chi connectivity index (χ1n) is 6.87. The van der Waals surface area contributed by atoms with Gasteiger partial charge in [-0.3, -0.25) is 9.78 Å². The van der Waals surface area contributed by atoms with Crippen LogP contribution < -0.4 is 10.6 Å². The van der Waals surface area contributed by atoms with Gasteiger partial charge in [0.05, 0.1) is 12.2 Å². The molecule has 0 fully saturated rings. The average Bonchev–Trinajstić information content (AvgIpc) is 2.34. The molecule has 6 heteroatoms. The summed E-state index contributed by atoms with van der Waals surface area (Å²) in [5, 5.41) is 5.23. The van der Waals surface area contributed by atoms with Crippen LogP contribution in [-0.2, 0) is 16.1 Å². The zero-order valence-electron chi connectivity index (χ0n) is 13.2. The Bertz CT molecular complexity index is 509. The highest BCUT2D eigenvalue weighted by molar-refractivity contribution is 5.85. The maximum atomic E-state index is 11.9. The van der Waals surface area contributed by atoms with Gasteiger partial charge in [-0.1, -0.05) is 6.07 Å². The Kier molecular flexibility index (Phi) is 5.69. The first kappa shape index (κ1) is 16.9. The fourth-order valence-corrected chi connectivity index (χ4v) is 1.58. The number of hydrogen-bond donors (Lipinski definition) is 2. The van der Waals surface area contributed by atoms with Gasteiger partial charge < -0.3 is 15.4 Å². The molecule has 21 heavy (non-hydrogen) atoms. The average molecular weight is 293 g/mol. The molecular weight excluding hydrogens is 270 g/mol. The van der Waals surface area contributed by atoms with Gasteiger partial charge in [-0.15, -0.1) is 0 Å². The SMILES string of the molecule is Cc1cccnc1CNC(=O)[C@H](C)NC(=O)OC(C)(C)C. The van der Waals surface area contributed by atoms with Gasteiger partial charge in [0, 0.05) is 6.20 Å². The normalized spacial score (nSPS) is 12.4. The Morgan fingerprint density at radius 1 is 1.38 bits per heavy atom. The van der Waals surface area contributed by atoms with Crippen molar-refractivity contribution in [1.29, 1.82) is 0 Å². The van der Waals surface area contributed by atoms with Gasteiger partial charge in [0.2, 0.25) is 5.91 Å². The third-order valence-corrected chi connectivity index (χ3v) is 2.67. The lowest BCUT2D eigenvalue weighted by molar-refractivity contribution is -0.123. The molecule has 0 aliphatic heterocycles. The molecule has 1 heterocycles. The Balaban J connectivity index is 2.45. The van der Waals surface area contributed by atoms with E-state index in [1.54, 1.807) is 33.9 Å². The Morgan fingerprint density at radius 2 is 2.05 bits per heavy atom. The van der Waals surface area contributed by atoms with E-state index >= 15 is 0 Å². The monoisotopic (exact) mass is 293 g/mol. The van der Waals surface area contributed by atoms with E-state index in [0.29, 0.717) is 6.54 Å². The molecule has 0 saturated heterocycles. The van der Waals surface area contributed by atoms with Crippen LogP contribution in [0.25, 0.3) is 0 Å². The van der Waals surface area contributed by atoms with Crippen molar-refractivity contribution >= 4 is 12.0 Å². The van der Waals surface area contributed by atoms with Crippen molar-refractivity contribution in [3.05, 3.63) is 29.6 Å². The quantitative estimate of drug-likeness (QED) is 0.888. The summed E-state index contributed by atoms with van der Waals surface area (Å²) in [6.07, 6.45) is 1.07. The molecule has 0 aromatic carbocycles. The summed E-state index contributed by atoms with van der Waals surface area (Å²) in [6, 6.07) is 3.09. The van der Waals surface area contributed by atoms with Crippen molar-refractivity contribution in [3.63, 3.8) is 0 Å². The van der Waals surface area contributed by atoms with Crippen LogP contribution in [0, 0.1) is 6.92 Å². The van der Waals surface area contributed by atoms with Gasteiger partial charge in [-0.25, -0.2) is 4.79 Å². The molecule has 0 radical (unpaired) electrons. The number of aryl methyl sites for hydroxylation is 1. The number of hydrogen-bond acceptors (Lipinski definition) is 4. The summed E-state index contributed by atoms with van der Waals surface area (Å²) in [6.45, 7) is 9.15. The molecule has 0 aliphatic rings. The molecule has 0 spiro atoms. The summed E-state index contributed by atoms with van der Waals surface area (Å²) >= 11 is 0. The molecule has 1 rings (SSSR count). The maximum Gasteiger partial charge on any atom is 0.408 e. The lowest BCUT2D eigenvalue weighted by Crippen LogP contribution is -2.46. The second-order valence-electron chi connectivity index (χ2n) is 5.85. The van der Waals surface area contributed by atoms with Crippen molar-refractivity contribution in [2.24, 2.45) is 0 Å². The summed E-state index contributed by atoms with van der Waals surface area (Å²) in [5.74, 6) is -0.286. The fourth-order valence-electron chi connectivity index (χ4n) is 1.58. The standard InChI is InChI=1S/C15H23N3O3/c1-10-7-6-8-16-12(10)9-17-13(19)11(2)18-14(20)21-15(3,4)5/h6-8,11H,9H2,1-5H3,(H,17,19)(H,18,20)/t11-/m0/s1. The number of alkyl carbamates (subject to hydrolysis) is 1. The van der Waals surface area contributed by atoms with Crippen LogP contribution in [0.4, 0.5) is 4.79 Å². The lowest BCUT2D eigenvalue weighted by atomic mass is 10.2. The highest BCUT2D eigenvalue weighted by Gasteiger charge is 2.20. The van der Waals surface area contributed by atoms with Crippen LogP contribution in [0.5, 0.6) is 0 Å². The van der Waals surface area contributed by atoms with Gasteiger partial charge in [0.15, 0.2) is 0 Å². The van der Waals surface area contributed by atoms with E-state index in [-0.39, 0.29) is 5.91 Å². The minimum atomic E-state index is -0.677. The minimum absolute atomic E-state index is 0.286. The smallest absolute Gasteiger partial charge is 0.408 e. The predicted molar refractivity (Wildman–Crippen MR) is 79.7 cm³/mol. The van der Waals surface area contributed by atoms with E-state index in [9.17, 15) is 9.59 Å². The third kappa shape index (κ3) is 6.25. The first-order chi connectivity index (χ1) is 9.69. The molecule has 2 N–H and O–H groups in total. The molecule has 0 unspecified atom stereocenters. The van der Waals surface area contributed by atoms with Crippen LogP contribution in [0.1, 0.15) is 39.0 Å². The number of ether oxygens (including phenoxy) is 1. The highest BCUT2D eigenvalue weighted by Crippen LogP contribution is 2.07. The molecule has 6 nitrogen and oxygen atoms in total. The number of rotatable bonds is 4. The third-order valence-electron chi connectivity index (χ3n) is 2.67. The van der Waals surface area contributed by atoms with Crippen LogP contribution >= 0.6 is 0 Å². The van der Waals surface area contributed by atoms with Gasteiger partial charge in [-0.05, 0) is 46.2 Å². The number of nitrogens with one attached hydrogen (secondary N) is 2. The Morgan fingerprint density at radius 3 is 2.62 bits per heavy atom. The summed E-state index contributed by atoms with van der Waals surface area (Å²) in [4.78, 5) is 27.7. The summed E-state index contributed by atoms with van der Waals surface area (Å²) < 4.78 is 5.10. The second-order valence-corrected chi connectivity index (χ2v) is 5.85. The minimum Gasteiger partial charge on any atom is -0.444 e. The Hall–Kier alpha value is -2.11. The van der Waals surface area contributed by atoms with Crippen LogP contribution in [0.15, 0.2) is 18.3 Å². The molecule has 2 amide bonds. The van der Waals surface area contributed by atoms with Crippen molar-refractivity contribution in [2.45, 2.75) is 52.8 Å². The molecule has 0 saturated carbocycles. The topological polar surface area (TPSA) is 80.3 Å². The molecule has 1 aromatic rings. The van der Waals surface area contributed by atoms with Crippen molar-refractivity contribution in [3.8, 4) is 0 Å². The van der Waals surface area contributed by atoms with Gasteiger partial charge in [-0.2, -0.15) is 0 Å². The van der Waals surface area contributed by atoms with E-state index in [0.717, 1.165) is 11.3 Å². The molecule has 1 atom stereocenters. The van der Waals surface area contributed by atoms with E-state index in [4.69, 9.17) is 4.74 Å². The first-order valence-corrected chi connectivity index (χ1v) is 6.87. The predicted octanol–water partition coefficient (Wildman–Crippen LogP) is 1.92. The van der Waals surface area contributed by atoms with E-state index in [1.807, 2.05) is 19.1 Å². The molecule has 0 bridgehead atoms. The van der Waals surface area contributed by atoms with Gasteiger partial charge in [0.1, 0.15) is 11.6 Å². The molecule has 0 aliphatic carbocycles. The summed E-state index contributed by atoms with van der Waals surface area (Å²) in [5.41, 5.74) is 1.21. The number of nitrogens with zero attached hydrogens (tertiary/aromatic N) is 1. The van der Waals surface area contributed by atoms with E-state index < -0.39 is 17.7 Å². The largest absolute Gasteiger partial charge is 0.444 e. The molecule has 1 aromatic heterocycles. The maximum absolute atomic E-state index is 11.9. The number of carbonyl (C=O) groups excluding carboxylic acids is 2. The number of amides is 2. The van der Waals surface area contributed by atoms with Crippen LogP contribution in [-0.4, -0.2) is 28.6 Å². The van der Waals surface area contributed by atoms with Gasteiger partial charge >= 0.3 is 6.09 Å². The number of pyridine rings is 1. The number of aromatic nitrogens is 1. The molecular formula is C15H23N3O3. The fraction of sp³-hybridized carbons (Fsp3) is 0.533. The summed E-state index contributed by atoms with van der Waals surface area (Å²) in [7, 11) is 0. The van der Waals surface area contributed by atoms with E-state index in [1.165, 1.54) is 0 Å². The van der Waals surface area contributed by atoms with Crippen molar-refractivity contribution in [1.82, 2.24) is 15.6 Å². The molecule has 116 valence electrons. The second kappa shape index (κ2) is 7.06. The highest BCUT2D eigenvalue weighted by atomic mass is 16.6. The van der Waals surface area contributed by atoms with Crippen molar-refractivity contribution < 1.29 is 14.3 Å².